The molecular formula is C17H20N4. The van der Waals surface area contributed by atoms with Gasteiger partial charge >= 0.3 is 0 Å². The van der Waals surface area contributed by atoms with E-state index in [1.807, 2.05) is 24.5 Å². The van der Waals surface area contributed by atoms with Crippen molar-refractivity contribution >= 4 is 11.0 Å². The molecule has 0 radical (unpaired) electrons. The molecule has 2 heterocycles. The number of pyridine rings is 1. The average Bonchev–Trinajstić information content (AvgIpc) is 2.92. The molecule has 0 bridgehead atoms. The van der Waals surface area contributed by atoms with Crippen LogP contribution in [0.15, 0.2) is 54.9 Å². The lowest BCUT2D eigenvalue weighted by Crippen LogP contribution is -2.28. The fourth-order valence-electron chi connectivity index (χ4n) is 2.62. The van der Waals surface area contributed by atoms with Crippen molar-refractivity contribution in [1.29, 1.82) is 0 Å². The molecule has 0 fully saturated rings. The van der Waals surface area contributed by atoms with Gasteiger partial charge in [-0.3, -0.25) is 4.90 Å². The summed E-state index contributed by atoms with van der Waals surface area (Å²) in [4.78, 5) is 9.94. The molecule has 0 aliphatic carbocycles. The van der Waals surface area contributed by atoms with Crippen molar-refractivity contribution in [2.45, 2.75) is 13.1 Å². The predicted octanol–water partition coefficient (Wildman–Crippen LogP) is 2.52. The molecule has 0 unspecified atom stereocenters. The Kier molecular flexibility index (Phi) is 4.28. The van der Waals surface area contributed by atoms with Crippen LogP contribution in [0.5, 0.6) is 0 Å². The Bertz CT molecular complexity index is 690. The van der Waals surface area contributed by atoms with Crippen LogP contribution in [0.25, 0.3) is 11.0 Å². The summed E-state index contributed by atoms with van der Waals surface area (Å²) < 4.78 is 0. The third kappa shape index (κ3) is 3.29. The van der Waals surface area contributed by atoms with Gasteiger partial charge in [0.2, 0.25) is 0 Å². The van der Waals surface area contributed by atoms with Gasteiger partial charge in [0.15, 0.2) is 0 Å². The third-order valence-corrected chi connectivity index (χ3v) is 3.63. The van der Waals surface area contributed by atoms with E-state index < -0.39 is 0 Å². The van der Waals surface area contributed by atoms with E-state index in [2.05, 4.69) is 45.2 Å². The van der Waals surface area contributed by atoms with Gasteiger partial charge < -0.3 is 10.7 Å². The molecule has 0 saturated heterocycles. The molecule has 0 aliphatic rings. The summed E-state index contributed by atoms with van der Waals surface area (Å²) in [6.45, 7) is 3.32. The summed E-state index contributed by atoms with van der Waals surface area (Å²) in [5.74, 6) is 0. The maximum atomic E-state index is 5.76. The molecule has 4 heteroatoms. The Balaban J connectivity index is 1.78. The van der Waals surface area contributed by atoms with E-state index in [9.17, 15) is 0 Å². The zero-order chi connectivity index (χ0) is 14.5. The summed E-state index contributed by atoms with van der Waals surface area (Å²) in [6, 6.07) is 14.6. The first-order chi connectivity index (χ1) is 10.4. The maximum absolute atomic E-state index is 5.76. The number of rotatable bonds is 6. The van der Waals surface area contributed by atoms with Gasteiger partial charge in [0.25, 0.3) is 0 Å². The highest BCUT2D eigenvalue weighted by Gasteiger charge is 2.10. The van der Waals surface area contributed by atoms with Gasteiger partial charge in [0, 0.05) is 44.0 Å². The van der Waals surface area contributed by atoms with Gasteiger partial charge in [-0.1, -0.05) is 30.3 Å². The fourth-order valence-corrected chi connectivity index (χ4v) is 2.62. The largest absolute Gasteiger partial charge is 0.346 e. The normalized spacial score (nSPS) is 11.3. The van der Waals surface area contributed by atoms with Gasteiger partial charge in [-0.05, 0) is 23.3 Å². The Hall–Kier alpha value is -2.17. The van der Waals surface area contributed by atoms with Crippen LogP contribution in [0, 0.1) is 0 Å². The second-order valence-electron chi connectivity index (χ2n) is 5.20. The lowest BCUT2D eigenvalue weighted by atomic mass is 10.1. The van der Waals surface area contributed by atoms with Crippen molar-refractivity contribution in [1.82, 2.24) is 14.9 Å². The smallest absolute Gasteiger partial charge is 0.137 e. The molecule has 108 valence electrons. The number of benzene rings is 1. The van der Waals surface area contributed by atoms with Crippen LogP contribution >= 0.6 is 0 Å². The quantitative estimate of drug-likeness (QED) is 0.729. The summed E-state index contributed by atoms with van der Waals surface area (Å²) in [6.07, 6.45) is 3.86. The van der Waals surface area contributed by atoms with Crippen molar-refractivity contribution in [2.24, 2.45) is 5.73 Å². The van der Waals surface area contributed by atoms with Crippen LogP contribution in [-0.4, -0.2) is 28.0 Å². The molecule has 2 aromatic heterocycles. The number of nitrogens with two attached hydrogens (primary N) is 1. The standard InChI is InChI=1S/C17H20N4/c18-8-10-21(12-14-5-2-1-3-6-14)13-15-11-20-17-16(15)7-4-9-19-17/h1-7,9,11H,8,10,12-13,18H2,(H,19,20). The number of hydrogen-bond acceptors (Lipinski definition) is 3. The average molecular weight is 280 g/mol. The van der Waals surface area contributed by atoms with E-state index >= 15 is 0 Å². The minimum absolute atomic E-state index is 0.660. The molecule has 3 rings (SSSR count). The van der Waals surface area contributed by atoms with E-state index in [0.29, 0.717) is 6.54 Å². The highest BCUT2D eigenvalue weighted by atomic mass is 15.1. The van der Waals surface area contributed by atoms with Crippen molar-refractivity contribution in [3.8, 4) is 0 Å². The zero-order valence-electron chi connectivity index (χ0n) is 12.0. The van der Waals surface area contributed by atoms with Crippen LogP contribution < -0.4 is 5.73 Å². The van der Waals surface area contributed by atoms with E-state index in [0.717, 1.165) is 25.3 Å². The number of nitrogens with one attached hydrogen (secondary N) is 1. The van der Waals surface area contributed by atoms with Gasteiger partial charge in [-0.15, -0.1) is 0 Å². The van der Waals surface area contributed by atoms with Crippen LogP contribution in [0.4, 0.5) is 0 Å². The molecular weight excluding hydrogens is 260 g/mol. The number of fused-ring (bicyclic) bond motifs is 1. The Labute approximate surface area is 124 Å². The van der Waals surface area contributed by atoms with Gasteiger partial charge in [0.1, 0.15) is 5.65 Å². The highest BCUT2D eigenvalue weighted by molar-refractivity contribution is 5.79. The molecule has 0 atom stereocenters. The topological polar surface area (TPSA) is 57.9 Å². The van der Waals surface area contributed by atoms with E-state index in [4.69, 9.17) is 5.73 Å². The number of nitrogens with zero attached hydrogens (tertiary/aromatic N) is 2. The number of H-pyrrole nitrogens is 1. The SMILES string of the molecule is NCCN(Cc1ccccc1)Cc1c[nH]c2ncccc12. The fraction of sp³-hybridized carbons (Fsp3) is 0.235. The molecule has 4 nitrogen and oxygen atoms in total. The maximum Gasteiger partial charge on any atom is 0.137 e. The third-order valence-electron chi connectivity index (χ3n) is 3.63. The van der Waals surface area contributed by atoms with Crippen molar-refractivity contribution in [2.75, 3.05) is 13.1 Å². The molecule has 1 aromatic carbocycles. The zero-order valence-corrected chi connectivity index (χ0v) is 12.0. The van der Waals surface area contributed by atoms with Gasteiger partial charge in [-0.2, -0.15) is 0 Å². The summed E-state index contributed by atoms with van der Waals surface area (Å²) in [7, 11) is 0. The van der Waals surface area contributed by atoms with Crippen molar-refractivity contribution < 1.29 is 0 Å². The van der Waals surface area contributed by atoms with Gasteiger partial charge in [-0.25, -0.2) is 4.98 Å². The lowest BCUT2D eigenvalue weighted by molar-refractivity contribution is 0.265. The van der Waals surface area contributed by atoms with Crippen LogP contribution in [0.3, 0.4) is 0 Å². The first kappa shape index (κ1) is 13.8. The Morgan fingerprint density at radius 2 is 1.90 bits per heavy atom. The molecule has 0 spiro atoms. The van der Waals surface area contributed by atoms with Crippen LogP contribution in [0.2, 0.25) is 0 Å². The predicted molar refractivity (Wildman–Crippen MR) is 85.7 cm³/mol. The number of hydrogen-bond donors (Lipinski definition) is 2. The Morgan fingerprint density at radius 1 is 1.05 bits per heavy atom. The first-order valence-corrected chi connectivity index (χ1v) is 7.24. The monoisotopic (exact) mass is 280 g/mol. The van der Waals surface area contributed by atoms with Gasteiger partial charge in [0.05, 0.1) is 0 Å². The van der Waals surface area contributed by atoms with Crippen molar-refractivity contribution in [3.63, 3.8) is 0 Å². The van der Waals surface area contributed by atoms with E-state index in [-0.39, 0.29) is 0 Å². The molecule has 21 heavy (non-hydrogen) atoms. The van der Waals surface area contributed by atoms with Crippen molar-refractivity contribution in [3.05, 3.63) is 66.0 Å². The first-order valence-electron chi connectivity index (χ1n) is 7.24. The van der Waals surface area contributed by atoms with Crippen LogP contribution in [0.1, 0.15) is 11.1 Å². The van der Waals surface area contributed by atoms with E-state index in [1.165, 1.54) is 16.5 Å². The highest BCUT2D eigenvalue weighted by Crippen LogP contribution is 2.18. The summed E-state index contributed by atoms with van der Waals surface area (Å²) >= 11 is 0. The Morgan fingerprint density at radius 3 is 2.71 bits per heavy atom. The second kappa shape index (κ2) is 6.52. The molecule has 0 amide bonds. The van der Waals surface area contributed by atoms with E-state index in [1.54, 1.807) is 0 Å². The van der Waals surface area contributed by atoms with Crippen LogP contribution in [-0.2, 0) is 13.1 Å². The second-order valence-corrected chi connectivity index (χ2v) is 5.20. The molecule has 0 aliphatic heterocycles. The number of aromatic amines is 1. The lowest BCUT2D eigenvalue weighted by Gasteiger charge is -2.21. The number of aromatic nitrogens is 2. The molecule has 0 saturated carbocycles. The minimum atomic E-state index is 0.660. The summed E-state index contributed by atoms with van der Waals surface area (Å²) in [5.41, 5.74) is 9.28. The summed E-state index contributed by atoms with van der Waals surface area (Å²) in [5, 5.41) is 1.19. The molecule has 3 N–H and O–H groups in total. The molecule has 3 aromatic rings. The minimum Gasteiger partial charge on any atom is -0.346 e.